The molecule has 23 heavy (non-hydrogen) atoms. The number of pyridine rings is 1. The molecular formula is C17H25N3O3. The number of carbonyl (C=O) groups is 1. The molecule has 6 heteroatoms. The molecule has 2 aliphatic rings. The molecule has 2 fully saturated rings. The summed E-state index contributed by atoms with van der Waals surface area (Å²) in [5.74, 6) is 0.236. The van der Waals surface area contributed by atoms with Gasteiger partial charge in [-0.1, -0.05) is 0 Å². The van der Waals surface area contributed by atoms with Crippen LogP contribution in [0.5, 0.6) is 5.88 Å². The molecule has 0 radical (unpaired) electrons. The van der Waals surface area contributed by atoms with Gasteiger partial charge in [0, 0.05) is 30.9 Å². The lowest BCUT2D eigenvalue weighted by molar-refractivity contribution is 0.0902. The first kappa shape index (κ1) is 16.2. The molecule has 3 rings (SSSR count). The van der Waals surface area contributed by atoms with Gasteiger partial charge in [-0.3, -0.25) is 9.69 Å². The van der Waals surface area contributed by atoms with Crippen LogP contribution in [0.25, 0.3) is 0 Å². The van der Waals surface area contributed by atoms with E-state index < -0.39 is 0 Å². The van der Waals surface area contributed by atoms with Gasteiger partial charge in [-0.2, -0.15) is 0 Å². The quantitative estimate of drug-likeness (QED) is 0.870. The molecule has 1 amide bonds. The molecule has 1 aromatic heterocycles. The minimum absolute atomic E-state index is 0.124. The van der Waals surface area contributed by atoms with Crippen LogP contribution in [0.1, 0.15) is 41.7 Å². The minimum Gasteiger partial charge on any atom is -0.480 e. The first-order chi connectivity index (χ1) is 11.1. The van der Waals surface area contributed by atoms with Crippen LogP contribution in [0.2, 0.25) is 0 Å². The van der Waals surface area contributed by atoms with E-state index in [9.17, 15) is 9.90 Å². The SMILES string of the molecule is COc1nc(C)ccc1C(=O)N[C@@H]1CCC[C@@H]1N1CCC(O)C1. The summed E-state index contributed by atoms with van der Waals surface area (Å²) in [5.41, 5.74) is 1.30. The van der Waals surface area contributed by atoms with Crippen LogP contribution >= 0.6 is 0 Å². The van der Waals surface area contributed by atoms with Crippen LogP contribution in [0.3, 0.4) is 0 Å². The largest absolute Gasteiger partial charge is 0.480 e. The highest BCUT2D eigenvalue weighted by atomic mass is 16.5. The molecule has 1 saturated heterocycles. The average Bonchev–Trinajstić information content (AvgIpc) is 3.15. The van der Waals surface area contributed by atoms with Gasteiger partial charge in [-0.15, -0.1) is 0 Å². The van der Waals surface area contributed by atoms with Crippen molar-refractivity contribution in [3.63, 3.8) is 0 Å². The predicted octanol–water partition coefficient (Wildman–Crippen LogP) is 1.12. The lowest BCUT2D eigenvalue weighted by atomic mass is 10.1. The first-order valence-corrected chi connectivity index (χ1v) is 8.33. The summed E-state index contributed by atoms with van der Waals surface area (Å²) in [7, 11) is 1.53. The van der Waals surface area contributed by atoms with Crippen molar-refractivity contribution in [2.24, 2.45) is 0 Å². The molecule has 1 unspecified atom stereocenters. The Kier molecular flexibility index (Phi) is 4.82. The van der Waals surface area contributed by atoms with E-state index in [0.717, 1.165) is 37.9 Å². The number of amides is 1. The molecule has 2 N–H and O–H groups in total. The maximum Gasteiger partial charge on any atom is 0.257 e. The minimum atomic E-state index is -0.228. The van der Waals surface area contributed by atoms with Crippen molar-refractivity contribution in [2.45, 2.75) is 50.8 Å². The summed E-state index contributed by atoms with van der Waals surface area (Å²) in [6, 6.07) is 4.03. The number of rotatable bonds is 4. The molecule has 1 aromatic rings. The van der Waals surface area contributed by atoms with E-state index in [2.05, 4.69) is 15.2 Å². The molecule has 1 aliphatic carbocycles. The third-order valence-corrected chi connectivity index (χ3v) is 4.90. The van der Waals surface area contributed by atoms with Gasteiger partial charge >= 0.3 is 0 Å². The van der Waals surface area contributed by atoms with E-state index in [0.29, 0.717) is 24.0 Å². The van der Waals surface area contributed by atoms with Gasteiger partial charge in [0.15, 0.2) is 0 Å². The number of hydrogen-bond donors (Lipinski definition) is 2. The summed E-state index contributed by atoms with van der Waals surface area (Å²) in [6.45, 7) is 3.50. The number of ether oxygens (including phenoxy) is 1. The van der Waals surface area contributed by atoms with E-state index in [1.165, 1.54) is 7.11 Å². The number of aromatic nitrogens is 1. The lowest BCUT2D eigenvalue weighted by Gasteiger charge is -2.29. The molecule has 1 saturated carbocycles. The van der Waals surface area contributed by atoms with Crippen LogP contribution in [0, 0.1) is 6.92 Å². The summed E-state index contributed by atoms with van der Waals surface area (Å²) >= 11 is 0. The smallest absolute Gasteiger partial charge is 0.257 e. The van der Waals surface area contributed by atoms with Crippen LogP contribution < -0.4 is 10.1 Å². The number of nitrogens with zero attached hydrogens (tertiary/aromatic N) is 2. The van der Waals surface area contributed by atoms with Crippen molar-refractivity contribution in [3.05, 3.63) is 23.4 Å². The monoisotopic (exact) mass is 319 g/mol. The molecule has 0 spiro atoms. The summed E-state index contributed by atoms with van der Waals surface area (Å²) < 4.78 is 5.24. The Hall–Kier alpha value is -1.66. The van der Waals surface area contributed by atoms with Gasteiger partial charge in [0.2, 0.25) is 5.88 Å². The van der Waals surface area contributed by atoms with Gasteiger partial charge in [0.05, 0.1) is 13.2 Å². The Bertz CT molecular complexity index is 578. The molecular weight excluding hydrogens is 294 g/mol. The zero-order chi connectivity index (χ0) is 16.4. The number of hydrogen-bond acceptors (Lipinski definition) is 5. The predicted molar refractivity (Wildman–Crippen MR) is 86.6 cm³/mol. The van der Waals surface area contributed by atoms with Crippen LogP contribution in [-0.4, -0.2) is 59.3 Å². The zero-order valence-corrected chi connectivity index (χ0v) is 13.8. The normalized spacial score (nSPS) is 28.0. The summed E-state index contributed by atoms with van der Waals surface area (Å²) in [5, 5.41) is 12.9. The topological polar surface area (TPSA) is 74.7 Å². The van der Waals surface area contributed by atoms with E-state index in [-0.39, 0.29) is 18.1 Å². The van der Waals surface area contributed by atoms with E-state index in [1.54, 1.807) is 6.07 Å². The van der Waals surface area contributed by atoms with Gasteiger partial charge in [-0.25, -0.2) is 4.98 Å². The Morgan fingerprint density at radius 2 is 2.22 bits per heavy atom. The average molecular weight is 319 g/mol. The molecule has 0 aromatic carbocycles. The van der Waals surface area contributed by atoms with Crippen molar-refractivity contribution >= 4 is 5.91 Å². The van der Waals surface area contributed by atoms with E-state index in [1.807, 2.05) is 13.0 Å². The Morgan fingerprint density at radius 3 is 2.91 bits per heavy atom. The second-order valence-electron chi connectivity index (χ2n) is 6.53. The molecule has 126 valence electrons. The van der Waals surface area contributed by atoms with Gasteiger partial charge < -0.3 is 15.2 Å². The first-order valence-electron chi connectivity index (χ1n) is 8.33. The number of likely N-dealkylation sites (tertiary alicyclic amines) is 1. The highest BCUT2D eigenvalue weighted by Crippen LogP contribution is 2.28. The van der Waals surface area contributed by atoms with Crippen LogP contribution in [0.15, 0.2) is 12.1 Å². The van der Waals surface area contributed by atoms with Gasteiger partial charge in [-0.05, 0) is 44.7 Å². The number of β-amino-alcohol motifs (C(OH)–C–C–N with tert-alkyl or cyclic N) is 1. The third-order valence-electron chi connectivity index (χ3n) is 4.90. The number of aliphatic hydroxyl groups excluding tert-OH is 1. The highest BCUT2D eigenvalue weighted by Gasteiger charge is 2.36. The maximum atomic E-state index is 12.6. The Balaban J connectivity index is 1.69. The standard InChI is InChI=1S/C17H25N3O3/c1-11-6-7-13(17(18-11)23-2)16(22)19-14-4-3-5-15(14)20-9-8-12(21)10-20/h6-7,12,14-15,21H,3-5,8-10H2,1-2H3,(H,19,22)/t12?,14-,15+/m1/s1. The van der Waals surface area contributed by atoms with Crippen molar-refractivity contribution in [1.29, 1.82) is 0 Å². The molecule has 0 bridgehead atoms. The van der Waals surface area contributed by atoms with Crippen LogP contribution in [-0.2, 0) is 0 Å². The van der Waals surface area contributed by atoms with Crippen molar-refractivity contribution < 1.29 is 14.6 Å². The van der Waals surface area contributed by atoms with Crippen molar-refractivity contribution in [2.75, 3.05) is 20.2 Å². The fraction of sp³-hybridized carbons (Fsp3) is 0.647. The Morgan fingerprint density at radius 1 is 1.39 bits per heavy atom. The second-order valence-corrected chi connectivity index (χ2v) is 6.53. The fourth-order valence-corrected chi connectivity index (χ4v) is 3.72. The van der Waals surface area contributed by atoms with Crippen molar-refractivity contribution in [1.82, 2.24) is 15.2 Å². The van der Waals surface area contributed by atoms with E-state index >= 15 is 0 Å². The zero-order valence-electron chi connectivity index (χ0n) is 13.8. The maximum absolute atomic E-state index is 12.6. The van der Waals surface area contributed by atoms with Gasteiger partial charge in [0.25, 0.3) is 5.91 Å². The van der Waals surface area contributed by atoms with Crippen molar-refractivity contribution in [3.8, 4) is 5.88 Å². The molecule has 3 atom stereocenters. The van der Waals surface area contributed by atoms with E-state index in [4.69, 9.17) is 4.74 Å². The molecule has 6 nitrogen and oxygen atoms in total. The molecule has 1 aliphatic heterocycles. The molecule has 2 heterocycles. The Labute approximate surface area is 136 Å². The highest BCUT2D eigenvalue weighted by molar-refractivity contribution is 5.96. The number of nitrogens with one attached hydrogen (secondary N) is 1. The number of aryl methyl sites for hydroxylation is 1. The van der Waals surface area contributed by atoms with Gasteiger partial charge in [0.1, 0.15) is 5.56 Å². The number of methoxy groups -OCH3 is 1. The third kappa shape index (κ3) is 3.48. The van der Waals surface area contributed by atoms with Crippen LogP contribution in [0.4, 0.5) is 0 Å². The summed E-state index contributed by atoms with van der Waals surface area (Å²) in [6.07, 6.45) is 3.75. The second kappa shape index (κ2) is 6.84. The number of carbonyl (C=O) groups excluding carboxylic acids is 1. The lowest BCUT2D eigenvalue weighted by Crippen LogP contribution is -2.48. The number of aliphatic hydroxyl groups is 1. The summed E-state index contributed by atoms with van der Waals surface area (Å²) in [4.78, 5) is 19.2. The fourth-order valence-electron chi connectivity index (χ4n) is 3.72.